The van der Waals surface area contributed by atoms with E-state index in [0.717, 1.165) is 56.2 Å². The maximum atomic E-state index is 11.5. The number of hydrogen-bond acceptors (Lipinski definition) is 5. The minimum Gasteiger partial charge on any atom is -0.373 e. The molecule has 20 heavy (non-hydrogen) atoms. The van der Waals surface area contributed by atoms with Gasteiger partial charge in [0.15, 0.2) is 0 Å². The van der Waals surface area contributed by atoms with Gasteiger partial charge in [-0.3, -0.25) is 4.79 Å². The minimum absolute atomic E-state index is 0.154. The van der Waals surface area contributed by atoms with Crippen LogP contribution in [0.2, 0.25) is 0 Å². The van der Waals surface area contributed by atoms with Gasteiger partial charge in [-0.1, -0.05) is 6.92 Å². The maximum absolute atomic E-state index is 11.5. The number of anilines is 2. The minimum atomic E-state index is 0.154. The van der Waals surface area contributed by atoms with Crippen LogP contribution in [0.4, 0.5) is 11.6 Å². The molecule has 0 bridgehead atoms. The highest BCUT2D eigenvalue weighted by atomic mass is 16.2. The van der Waals surface area contributed by atoms with Crippen LogP contribution in [0, 0.1) is 0 Å². The van der Waals surface area contributed by atoms with E-state index in [4.69, 9.17) is 0 Å². The zero-order valence-electron chi connectivity index (χ0n) is 12.5. The van der Waals surface area contributed by atoms with Crippen LogP contribution in [0.15, 0.2) is 6.33 Å². The summed E-state index contributed by atoms with van der Waals surface area (Å²) < 4.78 is 0. The molecular weight excluding hydrogens is 254 g/mol. The lowest BCUT2D eigenvalue weighted by atomic mass is 10.2. The maximum Gasteiger partial charge on any atom is 0.219 e. The van der Waals surface area contributed by atoms with Gasteiger partial charge in [0.2, 0.25) is 5.91 Å². The third-order valence-electron chi connectivity index (χ3n) is 3.75. The van der Waals surface area contributed by atoms with Gasteiger partial charge in [-0.2, -0.15) is 0 Å². The number of carbonyl (C=O) groups is 1. The number of carbonyl (C=O) groups excluding carboxylic acids is 1. The van der Waals surface area contributed by atoms with Gasteiger partial charge in [-0.15, -0.1) is 0 Å². The van der Waals surface area contributed by atoms with E-state index in [2.05, 4.69) is 27.1 Å². The van der Waals surface area contributed by atoms with E-state index in [9.17, 15) is 4.79 Å². The molecule has 1 aromatic rings. The molecule has 1 aliphatic rings. The lowest BCUT2D eigenvalue weighted by molar-refractivity contribution is -0.128. The average molecular weight is 277 g/mol. The van der Waals surface area contributed by atoms with Crippen LogP contribution in [0.3, 0.4) is 0 Å². The molecule has 0 aromatic carbocycles. The third kappa shape index (κ3) is 3.00. The highest BCUT2D eigenvalue weighted by molar-refractivity contribution is 5.73. The largest absolute Gasteiger partial charge is 0.373 e. The van der Waals surface area contributed by atoms with E-state index >= 15 is 0 Å². The first kappa shape index (κ1) is 14.6. The first-order valence-electron chi connectivity index (χ1n) is 7.19. The molecule has 1 aromatic heterocycles. The molecule has 1 aliphatic heterocycles. The predicted octanol–water partition coefficient (Wildman–Crippen LogP) is 1.14. The van der Waals surface area contributed by atoms with Crippen molar-refractivity contribution in [1.29, 1.82) is 0 Å². The van der Waals surface area contributed by atoms with E-state index in [1.54, 1.807) is 13.3 Å². The van der Waals surface area contributed by atoms with E-state index in [0.29, 0.717) is 0 Å². The zero-order chi connectivity index (χ0) is 14.5. The molecule has 0 saturated carbocycles. The van der Waals surface area contributed by atoms with E-state index in [-0.39, 0.29) is 5.91 Å². The van der Waals surface area contributed by atoms with Crippen LogP contribution in [0.1, 0.15) is 25.8 Å². The summed E-state index contributed by atoms with van der Waals surface area (Å²) in [4.78, 5) is 24.4. The van der Waals surface area contributed by atoms with Crippen molar-refractivity contribution < 1.29 is 4.79 Å². The molecule has 0 unspecified atom stereocenters. The normalized spacial score (nSPS) is 15.9. The molecular formula is C14H23N5O. The summed E-state index contributed by atoms with van der Waals surface area (Å²) >= 11 is 0. The first-order chi connectivity index (χ1) is 9.67. The van der Waals surface area contributed by atoms with Crippen molar-refractivity contribution >= 4 is 17.5 Å². The average Bonchev–Trinajstić information content (AvgIpc) is 2.72. The second kappa shape index (κ2) is 6.54. The van der Waals surface area contributed by atoms with E-state index in [1.807, 2.05) is 11.9 Å². The molecule has 110 valence electrons. The van der Waals surface area contributed by atoms with Crippen molar-refractivity contribution in [3.63, 3.8) is 0 Å². The van der Waals surface area contributed by atoms with Gasteiger partial charge >= 0.3 is 0 Å². The van der Waals surface area contributed by atoms with Crippen molar-refractivity contribution in [2.24, 2.45) is 0 Å². The molecule has 0 aliphatic carbocycles. The van der Waals surface area contributed by atoms with Crippen molar-refractivity contribution in [2.75, 3.05) is 43.4 Å². The SMILES string of the molecule is CCc1c(NC)ncnc1N1CCCN(C(C)=O)CC1. The fourth-order valence-corrected chi connectivity index (χ4v) is 2.66. The molecule has 1 amide bonds. The topological polar surface area (TPSA) is 61.4 Å². The molecule has 6 nitrogen and oxygen atoms in total. The summed E-state index contributed by atoms with van der Waals surface area (Å²) in [7, 11) is 1.88. The Kier molecular flexibility index (Phi) is 4.76. The molecule has 2 heterocycles. The van der Waals surface area contributed by atoms with Gasteiger partial charge in [0, 0.05) is 45.7 Å². The Morgan fingerprint density at radius 2 is 2.10 bits per heavy atom. The molecule has 0 atom stereocenters. The second-order valence-electron chi connectivity index (χ2n) is 4.97. The lowest BCUT2D eigenvalue weighted by Gasteiger charge is -2.25. The molecule has 0 spiro atoms. The number of amides is 1. The van der Waals surface area contributed by atoms with Gasteiger partial charge in [0.05, 0.1) is 0 Å². The summed E-state index contributed by atoms with van der Waals surface area (Å²) in [5.41, 5.74) is 1.14. The van der Waals surface area contributed by atoms with Gasteiger partial charge < -0.3 is 15.1 Å². The number of nitrogens with zero attached hydrogens (tertiary/aromatic N) is 4. The van der Waals surface area contributed by atoms with Gasteiger partial charge in [-0.05, 0) is 12.8 Å². The van der Waals surface area contributed by atoms with Crippen molar-refractivity contribution in [3.8, 4) is 0 Å². The lowest BCUT2D eigenvalue weighted by Crippen LogP contribution is -2.34. The zero-order valence-corrected chi connectivity index (χ0v) is 12.5. The van der Waals surface area contributed by atoms with Crippen LogP contribution in [0.25, 0.3) is 0 Å². The fourth-order valence-electron chi connectivity index (χ4n) is 2.66. The molecule has 1 fully saturated rings. The smallest absolute Gasteiger partial charge is 0.219 e. The van der Waals surface area contributed by atoms with Gasteiger partial charge in [-0.25, -0.2) is 9.97 Å². The Hall–Kier alpha value is -1.85. The number of rotatable bonds is 3. The molecule has 6 heteroatoms. The highest BCUT2D eigenvalue weighted by Crippen LogP contribution is 2.24. The van der Waals surface area contributed by atoms with Crippen LogP contribution in [-0.4, -0.2) is 54.0 Å². The molecule has 1 saturated heterocycles. The van der Waals surface area contributed by atoms with Crippen LogP contribution in [0.5, 0.6) is 0 Å². The molecule has 1 N–H and O–H groups in total. The van der Waals surface area contributed by atoms with Gasteiger partial charge in [0.25, 0.3) is 0 Å². The van der Waals surface area contributed by atoms with Crippen molar-refractivity contribution in [2.45, 2.75) is 26.7 Å². The summed E-state index contributed by atoms with van der Waals surface area (Å²) in [5.74, 6) is 2.04. The summed E-state index contributed by atoms with van der Waals surface area (Å²) in [6.45, 7) is 7.10. The monoisotopic (exact) mass is 277 g/mol. The third-order valence-corrected chi connectivity index (χ3v) is 3.75. The van der Waals surface area contributed by atoms with E-state index in [1.165, 1.54) is 0 Å². The Labute approximate surface area is 120 Å². The highest BCUT2D eigenvalue weighted by Gasteiger charge is 2.20. The van der Waals surface area contributed by atoms with Crippen molar-refractivity contribution in [1.82, 2.24) is 14.9 Å². The molecule has 2 rings (SSSR count). The van der Waals surface area contributed by atoms with Crippen LogP contribution >= 0.6 is 0 Å². The van der Waals surface area contributed by atoms with Gasteiger partial charge in [0.1, 0.15) is 18.0 Å². The summed E-state index contributed by atoms with van der Waals surface area (Å²) in [5, 5.41) is 3.13. The number of hydrogen-bond donors (Lipinski definition) is 1. The summed E-state index contributed by atoms with van der Waals surface area (Å²) in [6.07, 6.45) is 3.47. The number of aromatic nitrogens is 2. The summed E-state index contributed by atoms with van der Waals surface area (Å²) in [6, 6.07) is 0. The second-order valence-corrected chi connectivity index (χ2v) is 4.97. The predicted molar refractivity (Wildman–Crippen MR) is 80.0 cm³/mol. The Morgan fingerprint density at radius 1 is 1.30 bits per heavy atom. The quantitative estimate of drug-likeness (QED) is 0.897. The first-order valence-corrected chi connectivity index (χ1v) is 7.19. The van der Waals surface area contributed by atoms with Crippen molar-refractivity contribution in [3.05, 3.63) is 11.9 Å². The standard InChI is InChI=1S/C14H23N5O/c1-4-12-13(15-3)16-10-17-14(12)19-7-5-6-18(8-9-19)11(2)20/h10H,4-9H2,1-3H3,(H,15,16,17). The van der Waals surface area contributed by atoms with Crippen LogP contribution in [-0.2, 0) is 11.2 Å². The fraction of sp³-hybridized carbons (Fsp3) is 0.643. The molecule has 0 radical (unpaired) electrons. The Morgan fingerprint density at radius 3 is 2.75 bits per heavy atom. The Balaban J connectivity index is 2.21. The van der Waals surface area contributed by atoms with E-state index < -0.39 is 0 Å². The Bertz CT molecular complexity index is 477. The van der Waals surface area contributed by atoms with Crippen LogP contribution < -0.4 is 10.2 Å². The number of nitrogens with one attached hydrogen (secondary N) is 1.